The molecule has 6 rings (SSSR count). The molecule has 0 saturated carbocycles. The van der Waals surface area contributed by atoms with E-state index in [0.29, 0.717) is 21.8 Å². The van der Waals surface area contributed by atoms with Crippen LogP contribution in [-0.2, 0) is 22.3 Å². The third-order valence-corrected chi connectivity index (χ3v) is 13.0. The Bertz CT molecular complexity index is 1580. The zero-order chi connectivity index (χ0) is 42.7. The Balaban J connectivity index is 0.000000221. The molecule has 2 aromatic rings. The molecule has 2 saturated heterocycles. The fourth-order valence-electron chi connectivity index (χ4n) is 7.10. The number of rotatable bonds is 10. The SMILES string of the molecule is COc1ccc(CC[C@@H]([C@H]2O[C@@H]3SC(N(C)C)=N[C@@H]3[C@@H](O)[C@@H]2O)C(F)(F)F)cc1.COc1ccc(CC[C@H]([C@H]2O[C@@H]3SC(N(C)C)=N[C@@H]3[C@@H](O)[C@@H]2O)C(F)(F)F)cc1. The summed E-state index contributed by atoms with van der Waals surface area (Å²) in [6.07, 6.45) is -18.7. The van der Waals surface area contributed by atoms with Gasteiger partial charge >= 0.3 is 12.4 Å². The summed E-state index contributed by atoms with van der Waals surface area (Å²) in [6, 6.07) is 12.0. The summed E-state index contributed by atoms with van der Waals surface area (Å²) in [5.41, 5.74) is -0.0854. The second-order valence-corrected chi connectivity index (χ2v) is 16.9. The number of amidine groups is 2. The van der Waals surface area contributed by atoms with Crippen LogP contribution in [0.4, 0.5) is 26.3 Å². The Kier molecular flexibility index (Phi) is 15.2. The van der Waals surface area contributed by atoms with E-state index in [2.05, 4.69) is 9.98 Å². The molecule has 58 heavy (non-hydrogen) atoms. The standard InChI is InChI=1S/2C19H25F3N2O4S/c2*1-24(2)18-23-13-14(25)15(26)16(28-17(13)29-18)12(19(20,21)22)9-6-10-4-7-11(27-3)8-5-10/h2*4-5,7-8,12-17,25-26H,6,9H2,1-3H3/t12-,13+,14+,15-,16+,17+;12-,13-,14-,15+,16-,17-/m01/s1. The third kappa shape index (κ3) is 10.8. The van der Waals surface area contributed by atoms with Crippen molar-refractivity contribution in [1.82, 2.24) is 9.80 Å². The minimum absolute atomic E-state index is 0.150. The molecule has 4 heterocycles. The molecule has 0 radical (unpaired) electrons. The first-order chi connectivity index (χ1) is 27.2. The van der Waals surface area contributed by atoms with Crippen molar-refractivity contribution >= 4 is 33.9 Å². The first kappa shape index (κ1) is 46.1. The van der Waals surface area contributed by atoms with Gasteiger partial charge in [-0.25, -0.2) is 0 Å². The van der Waals surface area contributed by atoms with Crippen LogP contribution in [0.3, 0.4) is 0 Å². The van der Waals surface area contributed by atoms with Crippen molar-refractivity contribution in [3.8, 4) is 11.5 Å². The molecular weight excluding hydrogens is 819 g/mol. The molecule has 0 unspecified atom stereocenters. The van der Waals surface area contributed by atoms with Crippen molar-refractivity contribution in [3.63, 3.8) is 0 Å². The minimum Gasteiger partial charge on any atom is -0.497 e. The number of ether oxygens (including phenoxy) is 4. The van der Waals surface area contributed by atoms with Crippen LogP contribution in [0.2, 0.25) is 0 Å². The van der Waals surface area contributed by atoms with Crippen LogP contribution in [-0.4, -0.2) is 155 Å². The number of nitrogens with zero attached hydrogens (tertiary/aromatic N) is 4. The summed E-state index contributed by atoms with van der Waals surface area (Å²) in [6.45, 7) is 0. The lowest BCUT2D eigenvalue weighted by Crippen LogP contribution is -2.59. The Morgan fingerprint density at radius 3 is 1.21 bits per heavy atom. The second-order valence-electron chi connectivity index (χ2n) is 14.8. The van der Waals surface area contributed by atoms with Crippen LogP contribution in [0.5, 0.6) is 11.5 Å². The van der Waals surface area contributed by atoms with Gasteiger partial charge in [-0.05, 0) is 61.1 Å². The number of fused-ring (bicyclic) bond motifs is 2. The lowest BCUT2D eigenvalue weighted by atomic mass is 9.85. The van der Waals surface area contributed by atoms with Gasteiger partial charge in [0.25, 0.3) is 0 Å². The Morgan fingerprint density at radius 2 is 0.931 bits per heavy atom. The summed E-state index contributed by atoms with van der Waals surface area (Å²) in [5.74, 6) is -2.59. The molecule has 0 amide bonds. The van der Waals surface area contributed by atoms with Gasteiger partial charge in [0.2, 0.25) is 0 Å². The van der Waals surface area contributed by atoms with Crippen LogP contribution in [0.15, 0.2) is 58.5 Å². The second kappa shape index (κ2) is 19.2. The van der Waals surface area contributed by atoms with Gasteiger partial charge in [0, 0.05) is 28.2 Å². The normalized spacial score (nSPS) is 30.5. The number of thioether (sulfide) groups is 2. The first-order valence-corrected chi connectivity index (χ1v) is 20.2. The molecule has 4 N–H and O–H groups in total. The predicted molar refractivity (Wildman–Crippen MR) is 208 cm³/mol. The molecule has 20 heteroatoms. The highest BCUT2D eigenvalue weighted by Crippen LogP contribution is 2.45. The number of aliphatic hydroxyl groups excluding tert-OH is 4. The van der Waals surface area contributed by atoms with Crippen molar-refractivity contribution in [1.29, 1.82) is 0 Å². The largest absolute Gasteiger partial charge is 0.497 e. The molecular formula is C38H50F6N4O8S2. The smallest absolute Gasteiger partial charge is 0.394 e. The van der Waals surface area contributed by atoms with Crippen molar-refractivity contribution in [2.75, 3.05) is 42.4 Å². The number of aliphatic imine (C=N–C) groups is 2. The predicted octanol–water partition coefficient (Wildman–Crippen LogP) is 4.57. The quantitative estimate of drug-likeness (QED) is 0.248. The zero-order valence-electron chi connectivity index (χ0n) is 32.7. The van der Waals surface area contributed by atoms with E-state index in [1.165, 1.54) is 14.2 Å². The summed E-state index contributed by atoms with van der Waals surface area (Å²) in [4.78, 5) is 12.0. The molecule has 324 valence electrons. The van der Waals surface area contributed by atoms with Gasteiger partial charge in [-0.3, -0.25) is 9.98 Å². The minimum atomic E-state index is -4.58. The highest BCUT2D eigenvalue weighted by atomic mass is 32.2. The molecule has 0 aliphatic carbocycles. The molecule has 0 aromatic heterocycles. The fourth-order valence-corrected chi connectivity index (χ4v) is 9.40. The average Bonchev–Trinajstić information content (AvgIpc) is 3.81. The number of aliphatic hydroxyl groups is 4. The molecule has 0 bridgehead atoms. The van der Waals surface area contributed by atoms with Gasteiger partial charge in [0.1, 0.15) is 58.9 Å². The summed E-state index contributed by atoms with van der Waals surface area (Å²) in [7, 11) is 10.0. The van der Waals surface area contributed by atoms with E-state index >= 15 is 0 Å². The number of hydrogen-bond donors (Lipinski definition) is 4. The third-order valence-electron chi connectivity index (χ3n) is 10.4. The maximum atomic E-state index is 13.8. The molecule has 0 spiro atoms. The molecule has 4 aliphatic rings. The van der Waals surface area contributed by atoms with Crippen molar-refractivity contribution < 1.29 is 65.7 Å². The summed E-state index contributed by atoms with van der Waals surface area (Å²) >= 11 is 2.32. The lowest BCUT2D eigenvalue weighted by molar-refractivity contribution is -0.250. The lowest BCUT2D eigenvalue weighted by Gasteiger charge is -2.42. The Morgan fingerprint density at radius 1 is 0.603 bits per heavy atom. The molecule has 2 aromatic carbocycles. The van der Waals surface area contributed by atoms with Gasteiger partial charge in [-0.2, -0.15) is 26.3 Å². The van der Waals surface area contributed by atoms with Crippen molar-refractivity contribution in [2.45, 2.75) is 97.6 Å². The number of hydrogen-bond acceptors (Lipinski definition) is 14. The zero-order valence-corrected chi connectivity index (χ0v) is 34.3. The maximum Gasteiger partial charge on any atom is 0.394 e. The van der Waals surface area contributed by atoms with Gasteiger partial charge in [-0.15, -0.1) is 0 Å². The number of methoxy groups -OCH3 is 2. The highest BCUT2D eigenvalue weighted by molar-refractivity contribution is 8.14. The summed E-state index contributed by atoms with van der Waals surface area (Å²) in [5, 5.41) is 42.8. The van der Waals surface area contributed by atoms with Gasteiger partial charge in [0.15, 0.2) is 10.3 Å². The molecule has 4 aliphatic heterocycles. The molecule has 12 atom stereocenters. The average molecular weight is 869 g/mol. The molecule has 12 nitrogen and oxygen atoms in total. The first-order valence-electron chi connectivity index (χ1n) is 18.5. The van der Waals surface area contributed by atoms with Crippen molar-refractivity contribution in [3.05, 3.63) is 59.7 Å². The van der Waals surface area contributed by atoms with Crippen LogP contribution >= 0.6 is 23.5 Å². The van der Waals surface area contributed by atoms with Gasteiger partial charge in [-0.1, -0.05) is 47.8 Å². The topological polar surface area (TPSA) is 149 Å². The number of aryl methyl sites for hydroxylation is 2. The van der Waals surface area contributed by atoms with E-state index in [1.807, 2.05) is 0 Å². The van der Waals surface area contributed by atoms with E-state index in [4.69, 9.17) is 18.9 Å². The molecule has 2 fully saturated rings. The van der Waals surface area contributed by atoms with Gasteiger partial charge in [0.05, 0.1) is 38.3 Å². The van der Waals surface area contributed by atoms with E-state index in [0.717, 1.165) is 34.7 Å². The fraction of sp³-hybridized carbons (Fsp3) is 0.632. The number of alkyl halides is 6. The van der Waals surface area contributed by atoms with Gasteiger partial charge < -0.3 is 49.2 Å². The Hall–Kier alpha value is -2.98. The van der Waals surface area contributed by atoms with Crippen LogP contribution in [0, 0.1) is 11.8 Å². The van der Waals surface area contributed by atoms with Crippen LogP contribution in [0.25, 0.3) is 0 Å². The van der Waals surface area contributed by atoms with Crippen LogP contribution in [0.1, 0.15) is 24.0 Å². The highest BCUT2D eigenvalue weighted by Gasteiger charge is 2.57. The van der Waals surface area contributed by atoms with E-state index in [-0.39, 0.29) is 25.7 Å². The summed E-state index contributed by atoms with van der Waals surface area (Å²) < 4.78 is 104. The Labute approximate surface area is 341 Å². The van der Waals surface area contributed by atoms with E-state index in [1.54, 1.807) is 86.5 Å². The monoisotopic (exact) mass is 868 g/mol. The number of benzene rings is 2. The van der Waals surface area contributed by atoms with Crippen LogP contribution < -0.4 is 9.47 Å². The number of halogens is 6. The maximum absolute atomic E-state index is 13.8. The van der Waals surface area contributed by atoms with E-state index < -0.39 is 83.8 Å². The van der Waals surface area contributed by atoms with E-state index in [9.17, 15) is 46.8 Å². The van der Waals surface area contributed by atoms with Crippen molar-refractivity contribution in [2.24, 2.45) is 21.8 Å².